The second-order valence-corrected chi connectivity index (χ2v) is 8.52. The van der Waals surface area contributed by atoms with Crippen molar-refractivity contribution < 1.29 is 14.3 Å². The van der Waals surface area contributed by atoms with Gasteiger partial charge >= 0.3 is 0 Å². The number of benzene rings is 1. The van der Waals surface area contributed by atoms with Crippen LogP contribution in [0.5, 0.6) is 5.88 Å². The van der Waals surface area contributed by atoms with Crippen molar-refractivity contribution in [2.75, 3.05) is 19.5 Å². The van der Waals surface area contributed by atoms with Gasteiger partial charge in [-0.1, -0.05) is 26.0 Å². The standard InChI is InChI=1S/C22H24N6O3S/c1-11(2)18-26-19(28-27-18)13-8-6-7-9-14(13)23-20(29)17-12(3)16-21(31-5)24-15(10-30-4)25-22(16)32-17/h6-9,11H,10H2,1-5H3,(H,23,29)(H,26,27,28). The van der Waals surface area contributed by atoms with Gasteiger partial charge in [0.2, 0.25) is 5.88 Å². The number of carbonyl (C=O) groups excluding carboxylic acids is 1. The van der Waals surface area contributed by atoms with Gasteiger partial charge in [-0.05, 0) is 24.6 Å². The van der Waals surface area contributed by atoms with Gasteiger partial charge in [0.1, 0.15) is 17.3 Å². The lowest BCUT2D eigenvalue weighted by Crippen LogP contribution is -2.12. The highest BCUT2D eigenvalue weighted by Crippen LogP contribution is 2.36. The summed E-state index contributed by atoms with van der Waals surface area (Å²) in [4.78, 5) is 27.9. The van der Waals surface area contributed by atoms with E-state index >= 15 is 0 Å². The summed E-state index contributed by atoms with van der Waals surface area (Å²) < 4.78 is 10.6. The molecular weight excluding hydrogens is 428 g/mol. The number of aromatic amines is 1. The van der Waals surface area contributed by atoms with Crippen molar-refractivity contribution in [3.05, 3.63) is 46.4 Å². The normalized spacial score (nSPS) is 11.3. The van der Waals surface area contributed by atoms with Crippen LogP contribution in [0.3, 0.4) is 0 Å². The summed E-state index contributed by atoms with van der Waals surface area (Å²) in [5.41, 5.74) is 2.13. The lowest BCUT2D eigenvalue weighted by atomic mass is 10.1. The molecule has 0 radical (unpaired) electrons. The maximum atomic E-state index is 13.2. The van der Waals surface area contributed by atoms with E-state index in [1.165, 1.54) is 11.3 Å². The molecule has 4 rings (SSSR count). The predicted molar refractivity (Wildman–Crippen MR) is 123 cm³/mol. The first-order valence-electron chi connectivity index (χ1n) is 10.1. The molecular formula is C22H24N6O3S. The largest absolute Gasteiger partial charge is 0.480 e. The van der Waals surface area contributed by atoms with Crippen molar-refractivity contribution in [3.8, 4) is 17.3 Å². The van der Waals surface area contributed by atoms with Crippen LogP contribution in [0.25, 0.3) is 21.6 Å². The molecule has 9 nitrogen and oxygen atoms in total. The van der Waals surface area contributed by atoms with Gasteiger partial charge in [-0.25, -0.2) is 9.97 Å². The quantitative estimate of drug-likeness (QED) is 0.429. The van der Waals surface area contributed by atoms with Crippen LogP contribution < -0.4 is 10.1 Å². The average Bonchev–Trinajstić information content (AvgIpc) is 3.39. The number of nitrogens with zero attached hydrogens (tertiary/aromatic N) is 4. The average molecular weight is 453 g/mol. The molecule has 166 valence electrons. The first kappa shape index (κ1) is 21.8. The minimum absolute atomic E-state index is 0.221. The molecule has 0 saturated carbocycles. The number of methoxy groups -OCH3 is 2. The Morgan fingerprint density at radius 2 is 1.97 bits per heavy atom. The number of anilines is 1. The fourth-order valence-corrected chi connectivity index (χ4v) is 4.41. The Morgan fingerprint density at radius 1 is 1.19 bits per heavy atom. The van der Waals surface area contributed by atoms with Crippen LogP contribution >= 0.6 is 11.3 Å². The van der Waals surface area contributed by atoms with Gasteiger partial charge in [-0.3, -0.25) is 9.89 Å². The third kappa shape index (κ3) is 4.06. The number of fused-ring (bicyclic) bond motifs is 1. The second kappa shape index (κ2) is 9.01. The van der Waals surface area contributed by atoms with Crippen LogP contribution in [-0.2, 0) is 11.3 Å². The van der Waals surface area contributed by atoms with E-state index in [4.69, 9.17) is 9.47 Å². The monoisotopic (exact) mass is 452 g/mol. The van der Waals surface area contributed by atoms with Crippen LogP contribution in [0.4, 0.5) is 5.69 Å². The Labute approximate surface area is 189 Å². The molecule has 3 aromatic heterocycles. The number of rotatable bonds is 7. The summed E-state index contributed by atoms with van der Waals surface area (Å²) >= 11 is 1.29. The molecule has 32 heavy (non-hydrogen) atoms. The number of aromatic nitrogens is 5. The summed E-state index contributed by atoms with van der Waals surface area (Å²) in [6.45, 7) is 6.20. The number of amides is 1. The minimum Gasteiger partial charge on any atom is -0.480 e. The van der Waals surface area contributed by atoms with Gasteiger partial charge < -0.3 is 14.8 Å². The fraction of sp³-hybridized carbons (Fsp3) is 0.318. The number of para-hydroxylation sites is 1. The first-order valence-corrected chi connectivity index (χ1v) is 10.9. The summed E-state index contributed by atoms with van der Waals surface area (Å²) in [7, 11) is 3.13. The highest BCUT2D eigenvalue weighted by atomic mass is 32.1. The van der Waals surface area contributed by atoms with E-state index in [0.29, 0.717) is 32.9 Å². The lowest BCUT2D eigenvalue weighted by Gasteiger charge is -2.09. The van der Waals surface area contributed by atoms with Gasteiger partial charge in [0, 0.05) is 18.6 Å². The number of H-pyrrole nitrogens is 1. The van der Waals surface area contributed by atoms with E-state index < -0.39 is 0 Å². The molecule has 0 unspecified atom stereocenters. The number of aryl methyl sites for hydroxylation is 1. The Balaban J connectivity index is 1.70. The maximum absolute atomic E-state index is 13.2. The van der Waals surface area contributed by atoms with E-state index in [2.05, 4.69) is 30.5 Å². The molecule has 4 aromatic rings. The lowest BCUT2D eigenvalue weighted by molar-refractivity contribution is 0.103. The maximum Gasteiger partial charge on any atom is 0.266 e. The van der Waals surface area contributed by atoms with E-state index in [1.54, 1.807) is 14.2 Å². The molecule has 2 N–H and O–H groups in total. The highest BCUT2D eigenvalue weighted by molar-refractivity contribution is 7.20. The van der Waals surface area contributed by atoms with Crippen molar-refractivity contribution >= 4 is 33.1 Å². The van der Waals surface area contributed by atoms with Crippen LogP contribution in [-0.4, -0.2) is 45.3 Å². The van der Waals surface area contributed by atoms with Crippen molar-refractivity contribution in [1.82, 2.24) is 25.1 Å². The minimum atomic E-state index is -0.243. The topological polar surface area (TPSA) is 115 Å². The van der Waals surface area contributed by atoms with Crippen LogP contribution in [0.2, 0.25) is 0 Å². The summed E-state index contributed by atoms with van der Waals surface area (Å²) in [6, 6.07) is 7.46. The predicted octanol–water partition coefficient (Wildman–Crippen LogP) is 4.32. The Hall–Kier alpha value is -3.37. The molecule has 10 heteroatoms. The molecule has 0 saturated heterocycles. The van der Waals surface area contributed by atoms with E-state index in [0.717, 1.165) is 22.3 Å². The SMILES string of the molecule is COCc1nc(OC)c2c(C)c(C(=O)Nc3ccccc3-c3n[nH]c(C(C)C)n3)sc2n1. The third-order valence-electron chi connectivity index (χ3n) is 4.94. The number of carbonyl (C=O) groups is 1. The van der Waals surface area contributed by atoms with Crippen LogP contribution in [0, 0.1) is 6.92 Å². The second-order valence-electron chi connectivity index (χ2n) is 7.52. The zero-order chi connectivity index (χ0) is 22.8. The highest BCUT2D eigenvalue weighted by Gasteiger charge is 2.22. The molecule has 0 aliphatic heterocycles. The number of hydrogen-bond acceptors (Lipinski definition) is 8. The number of hydrogen-bond donors (Lipinski definition) is 2. The molecule has 0 spiro atoms. The molecule has 0 aliphatic carbocycles. The van der Waals surface area contributed by atoms with E-state index in [9.17, 15) is 4.79 Å². The zero-order valence-corrected chi connectivity index (χ0v) is 19.3. The van der Waals surface area contributed by atoms with Crippen LogP contribution in [0.1, 0.15) is 46.6 Å². The van der Waals surface area contributed by atoms with Gasteiger partial charge in [-0.15, -0.1) is 11.3 Å². The Bertz CT molecular complexity index is 1280. The van der Waals surface area contributed by atoms with E-state index in [1.807, 2.05) is 45.0 Å². The van der Waals surface area contributed by atoms with Crippen molar-refractivity contribution in [2.45, 2.75) is 33.3 Å². The molecule has 0 fully saturated rings. The number of nitrogens with one attached hydrogen (secondary N) is 2. The zero-order valence-electron chi connectivity index (χ0n) is 18.5. The van der Waals surface area contributed by atoms with Crippen LogP contribution in [0.15, 0.2) is 24.3 Å². The molecule has 3 heterocycles. The first-order chi connectivity index (χ1) is 15.4. The van der Waals surface area contributed by atoms with Gasteiger partial charge in [-0.2, -0.15) is 10.1 Å². The number of ether oxygens (including phenoxy) is 2. The molecule has 1 aromatic carbocycles. The summed E-state index contributed by atoms with van der Waals surface area (Å²) in [6.07, 6.45) is 0. The fourth-order valence-electron chi connectivity index (χ4n) is 3.32. The van der Waals surface area contributed by atoms with Crippen molar-refractivity contribution in [1.29, 1.82) is 0 Å². The van der Waals surface area contributed by atoms with Crippen molar-refractivity contribution in [3.63, 3.8) is 0 Å². The number of thiophene rings is 1. The molecule has 0 aliphatic rings. The van der Waals surface area contributed by atoms with Gasteiger partial charge in [0.15, 0.2) is 11.6 Å². The van der Waals surface area contributed by atoms with Gasteiger partial charge in [0.05, 0.1) is 23.1 Å². The van der Waals surface area contributed by atoms with E-state index in [-0.39, 0.29) is 18.4 Å². The molecule has 0 bridgehead atoms. The van der Waals surface area contributed by atoms with Gasteiger partial charge in [0.25, 0.3) is 5.91 Å². The molecule has 0 atom stereocenters. The smallest absolute Gasteiger partial charge is 0.266 e. The van der Waals surface area contributed by atoms with Crippen molar-refractivity contribution in [2.24, 2.45) is 0 Å². The third-order valence-corrected chi connectivity index (χ3v) is 6.13. The summed E-state index contributed by atoms with van der Waals surface area (Å²) in [5.74, 6) is 2.23. The Morgan fingerprint density at radius 3 is 2.66 bits per heavy atom. The molecule has 1 amide bonds. The Kier molecular flexibility index (Phi) is 6.15. The summed E-state index contributed by atoms with van der Waals surface area (Å²) in [5, 5.41) is 11.0.